The minimum Gasteiger partial charge on any atom is -0.350 e. The summed E-state index contributed by atoms with van der Waals surface area (Å²) < 4.78 is 15.2. The predicted octanol–water partition coefficient (Wildman–Crippen LogP) is 6.45. The highest BCUT2D eigenvalue weighted by atomic mass is 19.1. The summed E-state index contributed by atoms with van der Waals surface area (Å²) >= 11 is 0. The summed E-state index contributed by atoms with van der Waals surface area (Å²) in [5.74, 6) is -0.264. The molecule has 4 aromatic rings. The summed E-state index contributed by atoms with van der Waals surface area (Å²) in [5, 5.41) is 8.59. The average molecular weight is 515 g/mol. The highest BCUT2D eigenvalue weighted by Gasteiger charge is 2.55. The first-order chi connectivity index (χ1) is 18.3. The molecule has 1 N–H and O–H groups in total. The molecule has 2 fully saturated rings. The van der Waals surface area contributed by atoms with E-state index in [1.165, 1.54) is 12.1 Å². The molecule has 1 aliphatic heterocycles. The minimum atomic E-state index is -0.793. The van der Waals surface area contributed by atoms with E-state index in [2.05, 4.69) is 10.4 Å². The van der Waals surface area contributed by atoms with Gasteiger partial charge in [0.1, 0.15) is 5.82 Å². The van der Waals surface area contributed by atoms with E-state index in [4.69, 9.17) is 0 Å². The fraction of sp³-hybridized carbons (Fsp3) is 0.323. The van der Waals surface area contributed by atoms with E-state index >= 15 is 0 Å². The summed E-state index contributed by atoms with van der Waals surface area (Å²) in [7, 11) is 0. The van der Waals surface area contributed by atoms with Gasteiger partial charge in [-0.2, -0.15) is 5.10 Å². The molecule has 0 radical (unpaired) electrons. The first-order valence-corrected chi connectivity index (χ1v) is 13.3. The van der Waals surface area contributed by atoms with Gasteiger partial charge >= 0.3 is 0 Å². The van der Waals surface area contributed by atoms with Crippen LogP contribution in [0, 0.1) is 17.2 Å². The Labute approximate surface area is 223 Å². The lowest BCUT2D eigenvalue weighted by Crippen LogP contribution is -2.46. The molecule has 6 nitrogen and oxygen atoms in total. The Morgan fingerprint density at radius 1 is 1.00 bits per heavy atom. The zero-order valence-corrected chi connectivity index (χ0v) is 22.2. The molecule has 1 saturated heterocycles. The fourth-order valence-electron chi connectivity index (χ4n) is 5.22. The van der Waals surface area contributed by atoms with Crippen LogP contribution in [0.15, 0.2) is 79.0 Å². The number of nitrogens with one attached hydrogen (secondary N) is 1. The topological polar surface area (TPSA) is 67.2 Å². The third-order valence-electron chi connectivity index (χ3n) is 7.43. The summed E-state index contributed by atoms with van der Waals surface area (Å²) in [6, 6.07) is 21.1. The van der Waals surface area contributed by atoms with Crippen molar-refractivity contribution in [1.82, 2.24) is 15.1 Å². The van der Waals surface area contributed by atoms with Crippen molar-refractivity contribution in [3.8, 4) is 5.69 Å². The molecule has 0 unspecified atom stereocenters. The number of hydrogen-bond acceptors (Lipinski definition) is 3. The lowest BCUT2D eigenvalue weighted by Gasteiger charge is -2.31. The Bertz CT molecular complexity index is 1470. The summed E-state index contributed by atoms with van der Waals surface area (Å²) in [5.41, 5.74) is 2.53. The van der Waals surface area contributed by atoms with Crippen LogP contribution in [0.25, 0.3) is 16.6 Å². The van der Waals surface area contributed by atoms with Gasteiger partial charge in [0.25, 0.3) is 0 Å². The second kappa shape index (κ2) is 10.0. The first-order valence-electron chi connectivity index (χ1n) is 13.3. The van der Waals surface area contributed by atoms with Gasteiger partial charge in [-0.05, 0) is 74.7 Å². The molecule has 0 bridgehead atoms. The lowest BCUT2D eigenvalue weighted by atomic mass is 9.82. The number of halogens is 1. The average Bonchev–Trinajstić information content (AvgIpc) is 3.68. The van der Waals surface area contributed by atoms with Gasteiger partial charge in [0.2, 0.25) is 11.8 Å². The van der Waals surface area contributed by atoms with Crippen molar-refractivity contribution < 1.29 is 15.4 Å². The van der Waals surface area contributed by atoms with Crippen LogP contribution < -0.4 is 10.2 Å². The number of benzene rings is 3. The molecule has 2 aliphatic rings. The van der Waals surface area contributed by atoms with E-state index in [1.54, 1.807) is 23.0 Å². The zero-order valence-electron chi connectivity index (χ0n) is 22.2. The number of fused-ring (bicyclic) bond motifs is 1. The van der Waals surface area contributed by atoms with Crippen molar-refractivity contribution in [3.05, 3.63) is 90.4 Å². The fourth-order valence-corrected chi connectivity index (χ4v) is 5.22. The van der Waals surface area contributed by atoms with Crippen molar-refractivity contribution in [1.29, 1.82) is 0 Å². The van der Waals surface area contributed by atoms with Crippen molar-refractivity contribution in [2.75, 3.05) is 4.90 Å². The first kappa shape index (κ1) is 25.6. The van der Waals surface area contributed by atoms with E-state index in [-0.39, 0.29) is 37.1 Å². The molecule has 7 heteroatoms. The van der Waals surface area contributed by atoms with Crippen molar-refractivity contribution in [2.45, 2.75) is 52.6 Å². The van der Waals surface area contributed by atoms with Crippen LogP contribution in [0.5, 0.6) is 0 Å². The largest absolute Gasteiger partial charge is 0.350 e. The molecule has 1 saturated carbocycles. The molecule has 1 aliphatic carbocycles. The molecule has 2 atom stereocenters. The molecular formula is C31H35FN4O2. The van der Waals surface area contributed by atoms with Crippen LogP contribution in [0.1, 0.15) is 53.6 Å². The van der Waals surface area contributed by atoms with E-state index in [0.29, 0.717) is 0 Å². The maximum absolute atomic E-state index is 13.9. The van der Waals surface area contributed by atoms with E-state index in [1.807, 2.05) is 81.1 Å². The van der Waals surface area contributed by atoms with Gasteiger partial charge in [-0.25, -0.2) is 9.07 Å². The Morgan fingerprint density at radius 3 is 2.32 bits per heavy atom. The number of rotatable bonds is 5. The Balaban J connectivity index is 0.00000115. The Kier molecular flexibility index (Phi) is 6.78. The minimum absolute atomic E-state index is 0. The normalized spacial score (nSPS) is 20.2. The quantitative estimate of drug-likeness (QED) is 0.333. The van der Waals surface area contributed by atoms with Gasteiger partial charge in [-0.15, -0.1) is 0 Å². The maximum atomic E-state index is 13.9. The molecule has 1 aromatic heterocycles. The molecule has 6 rings (SSSR count). The van der Waals surface area contributed by atoms with Gasteiger partial charge in [-0.3, -0.25) is 9.59 Å². The van der Waals surface area contributed by atoms with Gasteiger partial charge in [0, 0.05) is 18.4 Å². The van der Waals surface area contributed by atoms with Crippen molar-refractivity contribution in [2.24, 2.45) is 11.3 Å². The number of anilines is 1. The second-order valence-corrected chi connectivity index (χ2v) is 10.3. The monoisotopic (exact) mass is 514 g/mol. The van der Waals surface area contributed by atoms with Gasteiger partial charge < -0.3 is 10.2 Å². The van der Waals surface area contributed by atoms with Gasteiger partial charge in [0.15, 0.2) is 0 Å². The summed E-state index contributed by atoms with van der Waals surface area (Å²) in [6.45, 7) is 7.82. The molecule has 198 valence electrons. The highest BCUT2D eigenvalue weighted by Crippen LogP contribution is 2.47. The Hall–Kier alpha value is -4.00. The van der Waals surface area contributed by atoms with Gasteiger partial charge in [-0.1, -0.05) is 44.2 Å². The number of amides is 2. The van der Waals surface area contributed by atoms with E-state index < -0.39 is 5.41 Å². The number of carbonyl (C=O) groups excluding carboxylic acids is 2. The van der Waals surface area contributed by atoms with Crippen LogP contribution in [0.2, 0.25) is 0 Å². The molecule has 2 amide bonds. The molecular weight excluding hydrogens is 479 g/mol. The standard InChI is InChI=1S/C29H27FN4O2.C2H6.H2/c1-29(2)26(32-27(35)19-8-9-19)25(18-6-4-3-5-7-18)33(28(29)36)23-14-15-24-20(16-23)17-31-34(24)22-12-10-21(30)11-13-22;1-2;/h3-7,10-17,19,25-26H,8-9H2,1-2H3,(H,32,35);1-2H3;1H/t25-,26-;;/m1../s1. The number of carbonyl (C=O) groups is 2. The number of aromatic nitrogens is 2. The lowest BCUT2D eigenvalue weighted by molar-refractivity contribution is -0.126. The third kappa shape index (κ3) is 4.46. The summed E-state index contributed by atoms with van der Waals surface area (Å²) in [4.78, 5) is 28.6. The van der Waals surface area contributed by atoms with Crippen LogP contribution in [-0.2, 0) is 9.59 Å². The van der Waals surface area contributed by atoms with Crippen molar-refractivity contribution in [3.63, 3.8) is 0 Å². The van der Waals surface area contributed by atoms with E-state index in [9.17, 15) is 14.0 Å². The van der Waals surface area contributed by atoms with E-state index in [0.717, 1.165) is 40.7 Å². The predicted molar refractivity (Wildman–Crippen MR) is 150 cm³/mol. The smallest absolute Gasteiger partial charge is 0.235 e. The number of nitrogens with zero attached hydrogens (tertiary/aromatic N) is 3. The number of hydrogen-bond donors (Lipinski definition) is 1. The Morgan fingerprint density at radius 2 is 1.66 bits per heavy atom. The van der Waals surface area contributed by atoms with Gasteiger partial charge in [0.05, 0.1) is 34.9 Å². The maximum Gasteiger partial charge on any atom is 0.235 e. The summed E-state index contributed by atoms with van der Waals surface area (Å²) in [6.07, 6.45) is 3.56. The molecule has 38 heavy (non-hydrogen) atoms. The third-order valence-corrected chi connectivity index (χ3v) is 7.43. The van der Waals surface area contributed by atoms with Crippen LogP contribution >= 0.6 is 0 Å². The van der Waals surface area contributed by atoms with Crippen LogP contribution in [-0.4, -0.2) is 27.6 Å². The molecule has 0 spiro atoms. The second-order valence-electron chi connectivity index (χ2n) is 10.3. The van der Waals surface area contributed by atoms with Crippen LogP contribution in [0.3, 0.4) is 0 Å². The zero-order chi connectivity index (χ0) is 27.0. The SMILES string of the molecule is CC.CC1(C)C(=O)N(c2ccc3c(cnn3-c3ccc(F)cc3)c2)[C@H](c2ccccc2)[C@H]1NC(=O)C1CC1.[HH]. The van der Waals surface area contributed by atoms with Crippen molar-refractivity contribution >= 4 is 28.4 Å². The highest BCUT2D eigenvalue weighted by molar-refractivity contribution is 6.03. The molecule has 2 heterocycles. The molecule has 3 aromatic carbocycles. The van der Waals surface area contributed by atoms with Crippen LogP contribution in [0.4, 0.5) is 10.1 Å².